The van der Waals surface area contributed by atoms with Gasteiger partial charge in [0.2, 0.25) is 0 Å². The van der Waals surface area contributed by atoms with Crippen molar-refractivity contribution in [2.75, 3.05) is 10.6 Å². The minimum absolute atomic E-state index is 0.498. The van der Waals surface area contributed by atoms with E-state index in [1.54, 1.807) is 6.33 Å². The van der Waals surface area contributed by atoms with E-state index in [1.165, 1.54) is 18.5 Å². The molecule has 1 unspecified atom stereocenters. The molecule has 2 aromatic rings. The van der Waals surface area contributed by atoms with Crippen LogP contribution in [0.1, 0.15) is 52.5 Å². The molecule has 1 saturated carbocycles. The van der Waals surface area contributed by atoms with Crippen LogP contribution in [-0.4, -0.2) is 19.9 Å². The predicted octanol–water partition coefficient (Wildman–Crippen LogP) is 5.77. The van der Waals surface area contributed by atoms with E-state index in [4.69, 9.17) is 0 Å². The summed E-state index contributed by atoms with van der Waals surface area (Å²) in [5.41, 5.74) is 7.02. The summed E-state index contributed by atoms with van der Waals surface area (Å²) in [6, 6.07) is 6.06. The fourth-order valence-corrected chi connectivity index (χ4v) is 5.00. The SMILES string of the molecule is C=C1NC(C)(c2ccncc2)N2C1=C(C)C=C(Nc1cc(N/C(=C/CC)C3CC3)ncn1)/C2=C/C. The first-order chi connectivity index (χ1) is 16.9. The Hall–Kier alpha value is -3.87. The number of anilines is 2. The lowest BCUT2D eigenvalue weighted by molar-refractivity contribution is 0.209. The van der Waals surface area contributed by atoms with Crippen molar-refractivity contribution in [2.45, 2.75) is 52.6 Å². The zero-order chi connectivity index (χ0) is 24.6. The van der Waals surface area contributed by atoms with Crippen LogP contribution >= 0.6 is 0 Å². The van der Waals surface area contributed by atoms with Crippen molar-refractivity contribution in [3.63, 3.8) is 0 Å². The van der Waals surface area contributed by atoms with Gasteiger partial charge in [-0.15, -0.1) is 0 Å². The van der Waals surface area contributed by atoms with Crippen molar-refractivity contribution in [1.82, 2.24) is 25.2 Å². The largest absolute Gasteiger partial charge is 0.358 e. The maximum absolute atomic E-state index is 4.51. The quantitative estimate of drug-likeness (QED) is 0.477. The third-order valence-corrected chi connectivity index (χ3v) is 6.76. The van der Waals surface area contributed by atoms with Crippen molar-refractivity contribution < 1.29 is 0 Å². The van der Waals surface area contributed by atoms with E-state index in [0.29, 0.717) is 5.92 Å². The number of nitrogens with zero attached hydrogens (tertiary/aromatic N) is 4. The van der Waals surface area contributed by atoms with Crippen molar-refractivity contribution in [2.24, 2.45) is 5.92 Å². The van der Waals surface area contributed by atoms with Crippen LogP contribution in [0.25, 0.3) is 0 Å². The van der Waals surface area contributed by atoms with Crippen molar-refractivity contribution in [1.29, 1.82) is 0 Å². The number of allylic oxidation sites excluding steroid dienone is 5. The van der Waals surface area contributed by atoms with Crippen LogP contribution in [0.15, 0.2) is 95.8 Å². The molecule has 2 fully saturated rings. The third-order valence-electron chi connectivity index (χ3n) is 6.76. The molecule has 35 heavy (non-hydrogen) atoms. The number of rotatable bonds is 7. The molecule has 2 aromatic heterocycles. The van der Waals surface area contributed by atoms with Gasteiger partial charge in [-0.2, -0.15) is 0 Å². The molecule has 0 aromatic carbocycles. The molecule has 5 rings (SSSR count). The summed E-state index contributed by atoms with van der Waals surface area (Å²) in [6.45, 7) is 12.8. The number of aromatic nitrogens is 3. The normalized spacial score (nSPS) is 23.3. The Morgan fingerprint density at radius 2 is 2.00 bits per heavy atom. The van der Waals surface area contributed by atoms with Crippen molar-refractivity contribution in [3.05, 3.63) is 101 Å². The first-order valence-corrected chi connectivity index (χ1v) is 12.3. The molecule has 7 heteroatoms. The molecule has 1 atom stereocenters. The molecule has 0 bridgehead atoms. The van der Waals surface area contributed by atoms with E-state index in [0.717, 1.165) is 52.0 Å². The van der Waals surface area contributed by atoms with Crippen molar-refractivity contribution >= 4 is 11.6 Å². The van der Waals surface area contributed by atoms with E-state index in [1.807, 2.05) is 30.6 Å². The van der Waals surface area contributed by atoms with Gasteiger partial charge in [-0.3, -0.25) is 4.98 Å². The molecule has 4 heterocycles. The Bertz CT molecular complexity index is 1270. The second kappa shape index (κ2) is 9.06. The summed E-state index contributed by atoms with van der Waals surface area (Å²) in [6.07, 6.45) is 15.3. The van der Waals surface area contributed by atoms with E-state index in [-0.39, 0.29) is 0 Å². The van der Waals surface area contributed by atoms with Gasteiger partial charge < -0.3 is 20.9 Å². The molecular weight excluding hydrogens is 434 g/mol. The summed E-state index contributed by atoms with van der Waals surface area (Å²) in [7, 11) is 0. The number of hydrogen-bond acceptors (Lipinski definition) is 7. The van der Waals surface area contributed by atoms with Gasteiger partial charge in [0, 0.05) is 29.7 Å². The highest BCUT2D eigenvalue weighted by molar-refractivity contribution is 5.61. The lowest BCUT2D eigenvalue weighted by atomic mass is 9.97. The van der Waals surface area contributed by atoms with E-state index < -0.39 is 5.66 Å². The smallest absolute Gasteiger partial charge is 0.138 e. The molecule has 1 saturated heterocycles. The van der Waals surface area contributed by atoms with Gasteiger partial charge in [-0.05, 0) is 69.7 Å². The third kappa shape index (κ3) is 4.22. The molecule has 0 spiro atoms. The molecule has 1 aliphatic carbocycles. The van der Waals surface area contributed by atoms with Crippen LogP contribution in [0.5, 0.6) is 0 Å². The van der Waals surface area contributed by atoms with Gasteiger partial charge in [-0.25, -0.2) is 9.97 Å². The molecule has 0 radical (unpaired) electrons. The monoisotopic (exact) mass is 467 g/mol. The summed E-state index contributed by atoms with van der Waals surface area (Å²) in [4.78, 5) is 15.5. The minimum atomic E-state index is -0.498. The molecule has 180 valence electrons. The van der Waals surface area contributed by atoms with Crippen LogP contribution < -0.4 is 16.0 Å². The topological polar surface area (TPSA) is 78.0 Å². The Kier molecular flexibility index (Phi) is 5.93. The van der Waals surface area contributed by atoms with Crippen LogP contribution in [0.4, 0.5) is 11.6 Å². The van der Waals surface area contributed by atoms with Crippen molar-refractivity contribution in [3.8, 4) is 0 Å². The zero-order valence-corrected chi connectivity index (χ0v) is 20.9. The average Bonchev–Trinajstić information content (AvgIpc) is 3.65. The highest BCUT2D eigenvalue weighted by Gasteiger charge is 2.46. The van der Waals surface area contributed by atoms with Gasteiger partial charge in [0.05, 0.1) is 22.8 Å². The fourth-order valence-electron chi connectivity index (χ4n) is 5.00. The van der Waals surface area contributed by atoms with Gasteiger partial charge in [0.25, 0.3) is 0 Å². The Morgan fingerprint density at radius 1 is 1.26 bits per heavy atom. The lowest BCUT2D eigenvalue weighted by Gasteiger charge is -2.41. The Labute approximate surface area is 207 Å². The van der Waals surface area contributed by atoms with E-state index in [2.05, 4.69) is 88.3 Å². The average molecular weight is 468 g/mol. The number of nitrogens with one attached hydrogen (secondary N) is 3. The van der Waals surface area contributed by atoms with Crippen LogP contribution in [0, 0.1) is 5.92 Å². The standard InChI is InChI=1S/C28H33N7/c1-6-8-22(20-9-10-20)32-25-16-26(31-17-30-25)33-23-15-18(3)27-19(4)34-28(5,35(27)24(23)7-2)21-11-13-29-14-12-21/h7-8,11-17,20,34H,4,6,9-10H2,1-3,5H3,(H2,30,31,32,33)/b22-8+,24-7-. The van der Waals surface area contributed by atoms with Crippen LogP contribution in [0.2, 0.25) is 0 Å². The maximum atomic E-state index is 4.51. The summed E-state index contributed by atoms with van der Waals surface area (Å²) < 4.78 is 0. The molecule has 3 aliphatic rings. The second-order valence-corrected chi connectivity index (χ2v) is 9.39. The summed E-state index contributed by atoms with van der Waals surface area (Å²) >= 11 is 0. The molecule has 3 N–H and O–H groups in total. The summed E-state index contributed by atoms with van der Waals surface area (Å²) in [5.74, 6) is 2.18. The molecular formula is C28H33N7. The molecule has 0 amide bonds. The number of pyridine rings is 1. The zero-order valence-electron chi connectivity index (χ0n) is 20.9. The van der Waals surface area contributed by atoms with Gasteiger partial charge in [0.1, 0.15) is 23.6 Å². The van der Waals surface area contributed by atoms with Gasteiger partial charge in [-0.1, -0.05) is 25.7 Å². The fraction of sp³-hybridized carbons (Fsp3) is 0.321. The van der Waals surface area contributed by atoms with Gasteiger partial charge in [0.15, 0.2) is 0 Å². The van der Waals surface area contributed by atoms with Crippen LogP contribution in [-0.2, 0) is 5.66 Å². The first kappa shape index (κ1) is 22.9. The summed E-state index contributed by atoms with van der Waals surface area (Å²) in [5, 5.41) is 10.7. The van der Waals surface area contributed by atoms with E-state index >= 15 is 0 Å². The lowest BCUT2D eigenvalue weighted by Crippen LogP contribution is -2.46. The first-order valence-electron chi connectivity index (χ1n) is 12.3. The Morgan fingerprint density at radius 3 is 2.69 bits per heavy atom. The highest BCUT2D eigenvalue weighted by atomic mass is 15.4. The highest BCUT2D eigenvalue weighted by Crippen LogP contribution is 2.46. The number of fused-ring (bicyclic) bond motifs is 1. The second-order valence-electron chi connectivity index (χ2n) is 9.39. The van der Waals surface area contributed by atoms with Gasteiger partial charge >= 0.3 is 0 Å². The Balaban J connectivity index is 1.46. The number of hydrogen-bond donors (Lipinski definition) is 3. The minimum Gasteiger partial charge on any atom is -0.358 e. The maximum Gasteiger partial charge on any atom is 0.138 e. The van der Waals surface area contributed by atoms with E-state index in [9.17, 15) is 0 Å². The predicted molar refractivity (Wildman–Crippen MR) is 141 cm³/mol. The molecule has 7 nitrogen and oxygen atoms in total. The van der Waals surface area contributed by atoms with Crippen LogP contribution in [0.3, 0.4) is 0 Å². The molecule has 2 aliphatic heterocycles.